The Hall–Kier alpha value is -1.05. The zero-order valence-corrected chi connectivity index (χ0v) is 4.96. The molecule has 0 aromatic carbocycles. The monoisotopic (exact) mass is 110 g/mol. The molecule has 0 aliphatic carbocycles. The van der Waals surface area contributed by atoms with E-state index in [2.05, 4.69) is 17.0 Å². The van der Waals surface area contributed by atoms with Crippen LogP contribution in [0.2, 0.25) is 0 Å². The van der Waals surface area contributed by atoms with Crippen LogP contribution in [0, 0.1) is 0 Å². The molecule has 0 aliphatic rings. The van der Waals surface area contributed by atoms with Gasteiger partial charge >= 0.3 is 0 Å². The van der Waals surface area contributed by atoms with Crippen LogP contribution in [0.4, 0.5) is 0 Å². The average molecular weight is 110 g/mol. The third kappa shape index (κ3) is 4.95. The normalized spacial score (nSPS) is 10.6. The highest BCUT2D eigenvalue weighted by atomic mass is 14.8. The summed E-state index contributed by atoms with van der Waals surface area (Å²) in [4.78, 5) is 3.50. The standard InChI is InChI=1S/C6H10N2/c1-7-5-3-4-6-8-2/h3-6,8H,1H2,2H3/b5-3-,6-4-. The summed E-state index contributed by atoms with van der Waals surface area (Å²) in [6.07, 6.45) is 7.06. The van der Waals surface area contributed by atoms with Crippen LogP contribution >= 0.6 is 0 Å². The Bertz CT molecular complexity index is 103. The van der Waals surface area contributed by atoms with Crippen molar-refractivity contribution in [1.29, 1.82) is 0 Å². The summed E-state index contributed by atoms with van der Waals surface area (Å²) in [7, 11) is 1.84. The van der Waals surface area contributed by atoms with Crippen molar-refractivity contribution < 1.29 is 0 Å². The Balaban J connectivity index is 3.26. The largest absolute Gasteiger partial charge is 0.394 e. The first-order valence-electron chi connectivity index (χ1n) is 2.36. The molecule has 44 valence electrons. The molecule has 0 atom stereocenters. The Morgan fingerprint density at radius 2 is 2.25 bits per heavy atom. The zero-order valence-electron chi connectivity index (χ0n) is 4.96. The van der Waals surface area contributed by atoms with Gasteiger partial charge in [0, 0.05) is 13.2 Å². The number of allylic oxidation sites excluding steroid dienone is 2. The van der Waals surface area contributed by atoms with Crippen molar-refractivity contribution in [2.75, 3.05) is 7.05 Å². The van der Waals surface area contributed by atoms with E-state index in [-0.39, 0.29) is 0 Å². The summed E-state index contributed by atoms with van der Waals surface area (Å²) >= 11 is 0. The van der Waals surface area contributed by atoms with Crippen LogP contribution in [-0.2, 0) is 0 Å². The molecule has 0 radical (unpaired) electrons. The molecule has 1 N–H and O–H groups in total. The second kappa shape index (κ2) is 5.95. The van der Waals surface area contributed by atoms with Crippen molar-refractivity contribution in [3.05, 3.63) is 24.6 Å². The van der Waals surface area contributed by atoms with Gasteiger partial charge < -0.3 is 5.32 Å². The average Bonchev–Trinajstić information content (AvgIpc) is 1.81. The van der Waals surface area contributed by atoms with Gasteiger partial charge in [0.2, 0.25) is 0 Å². The van der Waals surface area contributed by atoms with Crippen LogP contribution < -0.4 is 5.32 Å². The van der Waals surface area contributed by atoms with E-state index in [9.17, 15) is 0 Å². The van der Waals surface area contributed by atoms with Crippen LogP contribution in [0.15, 0.2) is 29.5 Å². The van der Waals surface area contributed by atoms with Gasteiger partial charge in [0.15, 0.2) is 0 Å². The fraction of sp³-hybridized carbons (Fsp3) is 0.167. The van der Waals surface area contributed by atoms with E-state index in [1.165, 1.54) is 0 Å². The minimum absolute atomic E-state index is 1.62. The van der Waals surface area contributed by atoms with Crippen LogP contribution in [-0.4, -0.2) is 13.8 Å². The molecule has 0 saturated carbocycles. The molecule has 2 nitrogen and oxygen atoms in total. The van der Waals surface area contributed by atoms with E-state index >= 15 is 0 Å². The summed E-state index contributed by atoms with van der Waals surface area (Å²) in [5, 5.41) is 2.83. The van der Waals surface area contributed by atoms with Crippen LogP contribution in [0.1, 0.15) is 0 Å². The first kappa shape index (κ1) is 6.95. The maximum Gasteiger partial charge on any atom is 0.0261 e. The number of hydrogen-bond acceptors (Lipinski definition) is 2. The maximum absolute atomic E-state index is 3.50. The van der Waals surface area contributed by atoms with Gasteiger partial charge in [0.1, 0.15) is 0 Å². The molecular weight excluding hydrogens is 100 g/mol. The molecule has 0 heterocycles. The third-order valence-electron chi connectivity index (χ3n) is 0.565. The van der Waals surface area contributed by atoms with Crippen molar-refractivity contribution in [3.63, 3.8) is 0 Å². The summed E-state index contributed by atoms with van der Waals surface area (Å²) in [5.41, 5.74) is 0. The molecule has 0 fully saturated rings. The highest BCUT2D eigenvalue weighted by molar-refractivity contribution is 5.26. The second-order valence-corrected chi connectivity index (χ2v) is 1.17. The van der Waals surface area contributed by atoms with Gasteiger partial charge in [0.25, 0.3) is 0 Å². The fourth-order valence-electron chi connectivity index (χ4n) is 0.262. The molecule has 2 heteroatoms. The maximum atomic E-state index is 3.50. The lowest BCUT2D eigenvalue weighted by Crippen LogP contribution is -1.89. The highest BCUT2D eigenvalue weighted by Gasteiger charge is 1.56. The van der Waals surface area contributed by atoms with Crippen LogP contribution in [0.5, 0.6) is 0 Å². The SMILES string of the molecule is C=N/C=C\C=C/NC. The lowest BCUT2D eigenvalue weighted by molar-refractivity contribution is 1.10. The highest BCUT2D eigenvalue weighted by Crippen LogP contribution is 1.72. The van der Waals surface area contributed by atoms with Gasteiger partial charge in [0.05, 0.1) is 0 Å². The van der Waals surface area contributed by atoms with Gasteiger partial charge in [-0.1, -0.05) is 0 Å². The van der Waals surface area contributed by atoms with Gasteiger partial charge in [-0.2, -0.15) is 0 Å². The first-order chi connectivity index (χ1) is 3.91. The molecule has 0 aromatic rings. The van der Waals surface area contributed by atoms with E-state index < -0.39 is 0 Å². The summed E-state index contributed by atoms with van der Waals surface area (Å²) in [6, 6.07) is 0. The molecule has 0 amide bonds. The van der Waals surface area contributed by atoms with Crippen molar-refractivity contribution in [2.45, 2.75) is 0 Å². The molecule has 0 bridgehead atoms. The fourth-order valence-corrected chi connectivity index (χ4v) is 0.262. The smallest absolute Gasteiger partial charge is 0.0261 e. The number of hydrogen-bond donors (Lipinski definition) is 1. The molecule has 0 unspecified atom stereocenters. The summed E-state index contributed by atoms with van der Waals surface area (Å²) in [6.45, 7) is 3.27. The summed E-state index contributed by atoms with van der Waals surface area (Å²) < 4.78 is 0. The number of aliphatic imine (C=N–C) groups is 1. The molecule has 0 rings (SSSR count). The Morgan fingerprint density at radius 3 is 2.75 bits per heavy atom. The Labute approximate surface area is 49.6 Å². The van der Waals surface area contributed by atoms with E-state index in [0.29, 0.717) is 0 Å². The van der Waals surface area contributed by atoms with Gasteiger partial charge in [-0.15, -0.1) is 0 Å². The zero-order chi connectivity index (χ0) is 6.24. The van der Waals surface area contributed by atoms with Crippen molar-refractivity contribution in [1.82, 2.24) is 5.32 Å². The molecular formula is C6H10N2. The predicted molar refractivity (Wildman–Crippen MR) is 36.9 cm³/mol. The van der Waals surface area contributed by atoms with Crippen LogP contribution in [0.3, 0.4) is 0 Å². The van der Waals surface area contributed by atoms with Crippen molar-refractivity contribution >= 4 is 6.72 Å². The molecule has 0 saturated heterocycles. The second-order valence-electron chi connectivity index (χ2n) is 1.17. The van der Waals surface area contributed by atoms with E-state index in [1.807, 2.05) is 19.3 Å². The van der Waals surface area contributed by atoms with E-state index in [4.69, 9.17) is 0 Å². The Kier molecular flexibility index (Phi) is 5.17. The van der Waals surface area contributed by atoms with Crippen molar-refractivity contribution in [2.24, 2.45) is 4.99 Å². The number of nitrogens with zero attached hydrogens (tertiary/aromatic N) is 1. The molecule has 8 heavy (non-hydrogen) atoms. The summed E-state index contributed by atoms with van der Waals surface area (Å²) in [5.74, 6) is 0. The molecule has 0 aliphatic heterocycles. The minimum atomic E-state index is 1.62. The predicted octanol–water partition coefficient (Wildman–Crippen LogP) is 0.934. The first-order valence-corrected chi connectivity index (χ1v) is 2.36. The lowest BCUT2D eigenvalue weighted by Gasteiger charge is -1.77. The van der Waals surface area contributed by atoms with Crippen molar-refractivity contribution in [3.8, 4) is 0 Å². The Morgan fingerprint density at radius 1 is 1.50 bits per heavy atom. The minimum Gasteiger partial charge on any atom is -0.394 e. The number of rotatable bonds is 3. The van der Waals surface area contributed by atoms with Gasteiger partial charge in [-0.25, -0.2) is 0 Å². The molecule has 0 spiro atoms. The third-order valence-corrected chi connectivity index (χ3v) is 0.565. The van der Waals surface area contributed by atoms with Crippen LogP contribution in [0.25, 0.3) is 0 Å². The topological polar surface area (TPSA) is 24.4 Å². The van der Waals surface area contributed by atoms with Gasteiger partial charge in [-0.3, -0.25) is 4.99 Å². The molecule has 0 aromatic heterocycles. The number of nitrogens with one attached hydrogen (secondary N) is 1. The lowest BCUT2D eigenvalue weighted by atomic mass is 10.6. The van der Waals surface area contributed by atoms with E-state index in [0.717, 1.165) is 0 Å². The quantitative estimate of drug-likeness (QED) is 0.424. The van der Waals surface area contributed by atoms with E-state index in [1.54, 1.807) is 12.3 Å². The van der Waals surface area contributed by atoms with Gasteiger partial charge in [-0.05, 0) is 25.1 Å².